The average molecular weight is 294 g/mol. The first-order valence-corrected chi connectivity index (χ1v) is 7.01. The van der Waals surface area contributed by atoms with E-state index in [4.69, 9.17) is 20.8 Å². The minimum absolute atomic E-state index is 0.252. The zero-order valence-corrected chi connectivity index (χ0v) is 12.0. The summed E-state index contributed by atoms with van der Waals surface area (Å²) < 4.78 is 11.2. The van der Waals surface area contributed by atoms with Crippen LogP contribution in [-0.2, 0) is 11.3 Å². The first-order valence-electron chi connectivity index (χ1n) is 6.63. The summed E-state index contributed by atoms with van der Waals surface area (Å²) in [6, 6.07) is 7.36. The predicted molar refractivity (Wildman–Crippen MR) is 75.4 cm³/mol. The van der Waals surface area contributed by atoms with Gasteiger partial charge in [-0.25, -0.2) is 0 Å². The quantitative estimate of drug-likeness (QED) is 0.871. The highest BCUT2D eigenvalue weighted by Gasteiger charge is 2.19. The summed E-state index contributed by atoms with van der Waals surface area (Å²) >= 11 is 5.86. The second kappa shape index (κ2) is 5.91. The van der Waals surface area contributed by atoms with Gasteiger partial charge in [-0.05, 0) is 31.2 Å². The third-order valence-corrected chi connectivity index (χ3v) is 3.49. The molecule has 20 heavy (non-hydrogen) atoms. The molecule has 1 aliphatic rings. The van der Waals surface area contributed by atoms with Crippen molar-refractivity contribution in [3.63, 3.8) is 0 Å². The van der Waals surface area contributed by atoms with Gasteiger partial charge in [0.25, 0.3) is 0 Å². The lowest BCUT2D eigenvalue weighted by molar-refractivity contribution is -0.0235. The number of hydrogen-bond donors (Lipinski definition) is 0. The standard InChI is InChI=1S/C14H16ClN3O2/c1-10-8-18(6-7-19-10)9-13-16-17-14(20-13)11-2-4-12(15)5-3-11/h2-5,10H,6-9H2,1H3/t10-/m1/s1. The Hall–Kier alpha value is -1.43. The highest BCUT2D eigenvalue weighted by molar-refractivity contribution is 6.30. The highest BCUT2D eigenvalue weighted by Crippen LogP contribution is 2.21. The van der Waals surface area contributed by atoms with Crippen molar-refractivity contribution in [2.45, 2.75) is 19.6 Å². The van der Waals surface area contributed by atoms with Crippen molar-refractivity contribution in [3.8, 4) is 11.5 Å². The van der Waals surface area contributed by atoms with Crippen LogP contribution in [-0.4, -0.2) is 40.9 Å². The van der Waals surface area contributed by atoms with E-state index in [0.717, 1.165) is 25.3 Å². The lowest BCUT2D eigenvalue weighted by Gasteiger charge is -2.29. The van der Waals surface area contributed by atoms with Gasteiger partial charge in [-0.15, -0.1) is 10.2 Å². The molecule has 0 radical (unpaired) electrons. The van der Waals surface area contributed by atoms with Crippen LogP contribution >= 0.6 is 11.6 Å². The molecule has 0 aliphatic carbocycles. The molecule has 1 fully saturated rings. The maximum atomic E-state index is 5.86. The van der Waals surface area contributed by atoms with Crippen LogP contribution in [0.5, 0.6) is 0 Å². The smallest absolute Gasteiger partial charge is 0.247 e. The largest absolute Gasteiger partial charge is 0.419 e. The molecule has 1 atom stereocenters. The zero-order valence-electron chi connectivity index (χ0n) is 11.3. The number of halogens is 1. The molecular weight excluding hydrogens is 278 g/mol. The van der Waals surface area contributed by atoms with Gasteiger partial charge in [0.2, 0.25) is 11.8 Å². The summed E-state index contributed by atoms with van der Waals surface area (Å²) in [7, 11) is 0. The van der Waals surface area contributed by atoms with Crippen LogP contribution in [0, 0.1) is 0 Å². The molecule has 0 N–H and O–H groups in total. The van der Waals surface area contributed by atoms with Crippen LogP contribution < -0.4 is 0 Å². The number of hydrogen-bond acceptors (Lipinski definition) is 5. The van der Waals surface area contributed by atoms with Gasteiger partial charge < -0.3 is 9.15 Å². The Morgan fingerprint density at radius 3 is 2.85 bits per heavy atom. The van der Waals surface area contributed by atoms with E-state index < -0.39 is 0 Å². The number of nitrogens with zero attached hydrogens (tertiary/aromatic N) is 3. The molecule has 106 valence electrons. The van der Waals surface area contributed by atoms with E-state index in [1.165, 1.54) is 0 Å². The van der Waals surface area contributed by atoms with Crippen molar-refractivity contribution in [3.05, 3.63) is 35.2 Å². The average Bonchev–Trinajstić information content (AvgIpc) is 2.88. The van der Waals surface area contributed by atoms with Crippen molar-refractivity contribution in [1.82, 2.24) is 15.1 Å². The van der Waals surface area contributed by atoms with Crippen LogP contribution in [0.1, 0.15) is 12.8 Å². The Morgan fingerprint density at radius 1 is 1.30 bits per heavy atom. The Balaban J connectivity index is 1.69. The first kappa shape index (κ1) is 13.5. The van der Waals surface area contributed by atoms with Crippen LogP contribution in [0.15, 0.2) is 28.7 Å². The summed E-state index contributed by atoms with van der Waals surface area (Å²) in [5.41, 5.74) is 0.878. The van der Waals surface area contributed by atoms with E-state index in [-0.39, 0.29) is 6.10 Å². The molecule has 2 aromatic rings. The summed E-state index contributed by atoms with van der Waals surface area (Å²) in [5, 5.41) is 8.88. The molecule has 0 spiro atoms. The van der Waals surface area contributed by atoms with Gasteiger partial charge in [-0.3, -0.25) is 4.90 Å². The number of benzene rings is 1. The molecule has 1 aromatic heterocycles. The fourth-order valence-corrected chi connectivity index (χ4v) is 2.38. The van der Waals surface area contributed by atoms with E-state index in [1.54, 1.807) is 0 Å². The lowest BCUT2D eigenvalue weighted by Crippen LogP contribution is -2.40. The van der Waals surface area contributed by atoms with Crippen LogP contribution in [0.3, 0.4) is 0 Å². The lowest BCUT2D eigenvalue weighted by atomic mass is 10.2. The minimum atomic E-state index is 0.252. The Kier molecular flexibility index (Phi) is 4.00. The van der Waals surface area contributed by atoms with Gasteiger partial charge in [0.15, 0.2) is 0 Å². The Labute approximate surface area is 122 Å². The SMILES string of the molecule is C[C@@H]1CN(Cc2nnc(-c3ccc(Cl)cc3)o2)CCO1. The van der Waals surface area contributed by atoms with E-state index in [1.807, 2.05) is 24.3 Å². The summed E-state index contributed by atoms with van der Waals surface area (Å²) in [6.45, 7) is 5.26. The van der Waals surface area contributed by atoms with Gasteiger partial charge in [-0.2, -0.15) is 0 Å². The number of rotatable bonds is 3. The summed E-state index contributed by atoms with van der Waals surface area (Å²) in [5.74, 6) is 1.15. The molecule has 2 heterocycles. The van der Waals surface area contributed by atoms with E-state index >= 15 is 0 Å². The summed E-state index contributed by atoms with van der Waals surface area (Å²) in [4.78, 5) is 2.26. The van der Waals surface area contributed by atoms with Crippen LogP contribution in [0.4, 0.5) is 0 Å². The monoisotopic (exact) mass is 293 g/mol. The van der Waals surface area contributed by atoms with Gasteiger partial charge in [-0.1, -0.05) is 11.6 Å². The van der Waals surface area contributed by atoms with Crippen LogP contribution in [0.2, 0.25) is 5.02 Å². The van der Waals surface area contributed by atoms with Crippen molar-refractivity contribution >= 4 is 11.6 Å². The second-order valence-corrected chi connectivity index (χ2v) is 5.36. The Morgan fingerprint density at radius 2 is 2.10 bits per heavy atom. The topological polar surface area (TPSA) is 51.4 Å². The van der Waals surface area contributed by atoms with Crippen molar-refractivity contribution in [2.75, 3.05) is 19.7 Å². The zero-order chi connectivity index (χ0) is 13.9. The molecule has 6 heteroatoms. The molecule has 0 saturated carbocycles. The van der Waals surface area contributed by atoms with Gasteiger partial charge in [0, 0.05) is 23.7 Å². The van der Waals surface area contributed by atoms with E-state index in [0.29, 0.717) is 23.3 Å². The second-order valence-electron chi connectivity index (χ2n) is 4.92. The molecule has 0 bridgehead atoms. The van der Waals surface area contributed by atoms with Crippen molar-refractivity contribution in [2.24, 2.45) is 0 Å². The van der Waals surface area contributed by atoms with E-state index in [9.17, 15) is 0 Å². The third-order valence-electron chi connectivity index (χ3n) is 3.24. The van der Waals surface area contributed by atoms with Gasteiger partial charge >= 0.3 is 0 Å². The Bertz CT molecular complexity index is 570. The molecule has 1 aromatic carbocycles. The molecule has 1 saturated heterocycles. The molecule has 1 aliphatic heterocycles. The first-order chi connectivity index (χ1) is 9.70. The number of aromatic nitrogens is 2. The van der Waals surface area contributed by atoms with Gasteiger partial charge in [0.05, 0.1) is 19.3 Å². The maximum Gasteiger partial charge on any atom is 0.247 e. The highest BCUT2D eigenvalue weighted by atomic mass is 35.5. The molecule has 5 nitrogen and oxygen atoms in total. The minimum Gasteiger partial charge on any atom is -0.419 e. The van der Waals surface area contributed by atoms with Gasteiger partial charge in [0.1, 0.15) is 0 Å². The maximum absolute atomic E-state index is 5.86. The van der Waals surface area contributed by atoms with E-state index in [2.05, 4.69) is 22.0 Å². The molecule has 0 amide bonds. The van der Waals surface area contributed by atoms with Crippen molar-refractivity contribution < 1.29 is 9.15 Å². The number of morpholine rings is 1. The third kappa shape index (κ3) is 3.17. The van der Waals surface area contributed by atoms with Crippen molar-refractivity contribution in [1.29, 1.82) is 0 Å². The fourth-order valence-electron chi connectivity index (χ4n) is 2.25. The van der Waals surface area contributed by atoms with Crippen LogP contribution in [0.25, 0.3) is 11.5 Å². The molecule has 3 rings (SSSR count). The number of ether oxygens (including phenoxy) is 1. The molecule has 0 unspecified atom stereocenters. The normalized spacial score (nSPS) is 20.2. The molecular formula is C14H16ClN3O2. The predicted octanol–water partition coefficient (Wildman–Crippen LogP) is 2.61. The fraction of sp³-hybridized carbons (Fsp3) is 0.429. The summed E-state index contributed by atoms with van der Waals surface area (Å²) in [6.07, 6.45) is 0.252.